The maximum atomic E-state index is 5.04. The first-order valence-corrected chi connectivity index (χ1v) is 13.0. The average molecular weight is 431 g/mol. The monoisotopic (exact) mass is 430 g/mol. The molecule has 1 heterocycles. The van der Waals surface area contributed by atoms with Crippen LogP contribution < -0.4 is 0 Å². The van der Waals surface area contributed by atoms with Crippen LogP contribution in [-0.2, 0) is 19.4 Å². The van der Waals surface area contributed by atoms with Crippen molar-refractivity contribution in [2.24, 2.45) is 0 Å². The Morgan fingerprint density at radius 2 is 1.22 bits per heavy atom. The lowest BCUT2D eigenvalue weighted by Gasteiger charge is -2.08. The van der Waals surface area contributed by atoms with Crippen LogP contribution in [0.5, 0.6) is 0 Å². The van der Waals surface area contributed by atoms with Crippen molar-refractivity contribution in [3.63, 3.8) is 0 Å². The van der Waals surface area contributed by atoms with Crippen molar-refractivity contribution in [3.8, 4) is 11.4 Å². The fourth-order valence-corrected chi connectivity index (χ4v) is 4.47. The minimum Gasteiger partial charge on any atom is -0.331 e. The molecule has 0 aliphatic rings. The number of hydrogen-bond donors (Lipinski definition) is 0. The van der Waals surface area contributed by atoms with Crippen LogP contribution in [0.3, 0.4) is 0 Å². The molecule has 3 aromatic rings. The van der Waals surface area contributed by atoms with Crippen LogP contribution in [0.2, 0.25) is 0 Å². The molecule has 0 aliphatic heterocycles. The first-order valence-electron chi connectivity index (χ1n) is 13.0. The fraction of sp³-hybridized carbons (Fsp3) is 0.500. The van der Waals surface area contributed by atoms with Gasteiger partial charge in [-0.1, -0.05) is 125 Å². The highest BCUT2D eigenvalue weighted by atomic mass is 15.1. The number of rotatable bonds is 16. The van der Waals surface area contributed by atoms with Crippen LogP contribution in [0.15, 0.2) is 66.9 Å². The predicted molar refractivity (Wildman–Crippen MR) is 138 cm³/mol. The molecule has 0 N–H and O–H groups in total. The van der Waals surface area contributed by atoms with E-state index in [-0.39, 0.29) is 0 Å². The lowest BCUT2D eigenvalue weighted by atomic mass is 10.1. The molecule has 1 aromatic heterocycles. The van der Waals surface area contributed by atoms with Crippen molar-refractivity contribution < 1.29 is 0 Å². The van der Waals surface area contributed by atoms with E-state index in [1.54, 1.807) is 0 Å². The Hall–Kier alpha value is -2.35. The summed E-state index contributed by atoms with van der Waals surface area (Å²) >= 11 is 0. The highest BCUT2D eigenvalue weighted by Gasteiger charge is 2.10. The number of benzene rings is 2. The van der Waals surface area contributed by atoms with Crippen molar-refractivity contribution in [2.75, 3.05) is 0 Å². The molecule has 2 heteroatoms. The second-order valence-corrected chi connectivity index (χ2v) is 9.14. The van der Waals surface area contributed by atoms with Gasteiger partial charge in [-0.15, -0.1) is 0 Å². The third-order valence-corrected chi connectivity index (χ3v) is 6.35. The minimum absolute atomic E-state index is 1.04. The summed E-state index contributed by atoms with van der Waals surface area (Å²) in [7, 11) is 0. The first-order chi connectivity index (χ1) is 15.9. The van der Waals surface area contributed by atoms with E-state index in [4.69, 9.17) is 4.98 Å². The summed E-state index contributed by atoms with van der Waals surface area (Å²) in [5.74, 6) is 1.14. The second-order valence-electron chi connectivity index (χ2n) is 9.14. The molecule has 0 spiro atoms. The van der Waals surface area contributed by atoms with E-state index in [1.807, 2.05) is 0 Å². The number of aryl methyl sites for hydroxylation is 3. The molecular formula is C30H42N2. The molecule has 0 amide bonds. The largest absolute Gasteiger partial charge is 0.331 e. The van der Waals surface area contributed by atoms with Crippen molar-refractivity contribution in [1.29, 1.82) is 0 Å². The summed E-state index contributed by atoms with van der Waals surface area (Å²) in [6.45, 7) is 3.36. The molecular weight excluding hydrogens is 388 g/mol. The smallest absolute Gasteiger partial charge is 0.140 e. The van der Waals surface area contributed by atoms with Gasteiger partial charge >= 0.3 is 0 Å². The van der Waals surface area contributed by atoms with Crippen molar-refractivity contribution in [1.82, 2.24) is 9.55 Å². The second kappa shape index (κ2) is 14.7. The molecule has 32 heavy (non-hydrogen) atoms. The topological polar surface area (TPSA) is 17.8 Å². The molecule has 0 atom stereocenters. The van der Waals surface area contributed by atoms with Gasteiger partial charge in [-0.3, -0.25) is 0 Å². The van der Waals surface area contributed by atoms with Crippen molar-refractivity contribution in [3.05, 3.63) is 78.1 Å². The molecule has 0 saturated carbocycles. The van der Waals surface area contributed by atoms with Crippen molar-refractivity contribution in [2.45, 2.75) is 96.9 Å². The minimum atomic E-state index is 1.04. The van der Waals surface area contributed by atoms with Gasteiger partial charge in [0.2, 0.25) is 0 Å². The zero-order valence-electron chi connectivity index (χ0n) is 20.1. The fourth-order valence-electron chi connectivity index (χ4n) is 4.47. The summed E-state index contributed by atoms with van der Waals surface area (Å²) in [6.07, 6.45) is 19.4. The number of unbranched alkanes of at least 4 members (excludes halogenated alkanes) is 9. The number of aromatic nitrogens is 2. The lowest BCUT2D eigenvalue weighted by Crippen LogP contribution is -1.99. The Morgan fingerprint density at radius 3 is 1.88 bits per heavy atom. The summed E-state index contributed by atoms with van der Waals surface area (Å²) in [4.78, 5) is 5.04. The lowest BCUT2D eigenvalue weighted by molar-refractivity contribution is 0.536. The van der Waals surface area contributed by atoms with Gasteiger partial charge in [0.25, 0.3) is 0 Å². The van der Waals surface area contributed by atoms with E-state index < -0.39 is 0 Å². The Labute approximate surface area is 196 Å². The molecule has 0 fully saturated rings. The van der Waals surface area contributed by atoms with Crippen LogP contribution >= 0.6 is 0 Å². The van der Waals surface area contributed by atoms with Crippen LogP contribution in [0.25, 0.3) is 11.4 Å². The zero-order valence-corrected chi connectivity index (χ0v) is 20.1. The summed E-state index contributed by atoms with van der Waals surface area (Å²) in [6, 6.07) is 21.5. The predicted octanol–water partition coefficient (Wildman–Crippen LogP) is 8.65. The third-order valence-electron chi connectivity index (χ3n) is 6.35. The van der Waals surface area contributed by atoms with Gasteiger partial charge < -0.3 is 4.57 Å². The zero-order chi connectivity index (χ0) is 22.3. The average Bonchev–Trinajstić information content (AvgIpc) is 3.24. The van der Waals surface area contributed by atoms with E-state index >= 15 is 0 Å². The molecule has 0 bridgehead atoms. The van der Waals surface area contributed by atoms with Crippen molar-refractivity contribution >= 4 is 0 Å². The number of hydrogen-bond acceptors (Lipinski definition) is 1. The van der Waals surface area contributed by atoms with E-state index in [0.717, 1.165) is 31.6 Å². The maximum absolute atomic E-state index is 5.04. The van der Waals surface area contributed by atoms with Gasteiger partial charge in [0.1, 0.15) is 5.82 Å². The highest BCUT2D eigenvalue weighted by molar-refractivity contribution is 5.55. The van der Waals surface area contributed by atoms with Crippen LogP contribution in [0, 0.1) is 0 Å². The standard InChI is InChI=1S/C30H42N2/c1-2-3-4-5-6-7-8-9-10-17-25-32-26-29(24-18-21-27-19-13-11-14-20-27)31-30(32)28-22-15-12-16-23-28/h11-16,19-20,22-23,26H,2-10,17-18,21,24-25H2,1H3. The van der Waals surface area contributed by atoms with Gasteiger partial charge in [-0.2, -0.15) is 0 Å². The maximum Gasteiger partial charge on any atom is 0.140 e. The molecule has 0 radical (unpaired) electrons. The van der Waals surface area contributed by atoms with Crippen LogP contribution in [-0.4, -0.2) is 9.55 Å². The van der Waals surface area contributed by atoms with Gasteiger partial charge in [0.05, 0.1) is 5.69 Å². The number of nitrogens with zero attached hydrogens (tertiary/aromatic N) is 2. The summed E-state index contributed by atoms with van der Waals surface area (Å²) < 4.78 is 2.40. The van der Waals surface area contributed by atoms with Gasteiger partial charge in [0.15, 0.2) is 0 Å². The van der Waals surface area contributed by atoms with Gasteiger partial charge in [-0.05, 0) is 31.2 Å². The summed E-state index contributed by atoms with van der Waals surface area (Å²) in [5, 5.41) is 0. The number of imidazole rings is 1. The van der Waals surface area contributed by atoms with Gasteiger partial charge in [-0.25, -0.2) is 4.98 Å². The molecule has 0 aliphatic carbocycles. The van der Waals surface area contributed by atoms with Crippen LogP contribution in [0.1, 0.15) is 88.8 Å². The van der Waals surface area contributed by atoms with E-state index in [0.29, 0.717) is 0 Å². The molecule has 0 unspecified atom stereocenters. The molecule has 2 aromatic carbocycles. The van der Waals surface area contributed by atoms with Gasteiger partial charge in [0, 0.05) is 18.3 Å². The molecule has 2 nitrogen and oxygen atoms in total. The Bertz CT molecular complexity index is 851. The normalized spacial score (nSPS) is 11.2. The van der Waals surface area contributed by atoms with Crippen LogP contribution in [0.4, 0.5) is 0 Å². The SMILES string of the molecule is CCCCCCCCCCCCn1cc(CCCc2ccccc2)nc1-c1ccccc1. The molecule has 3 rings (SSSR count). The Kier molecular flexibility index (Phi) is 11.1. The summed E-state index contributed by atoms with van der Waals surface area (Å²) in [5.41, 5.74) is 3.88. The quantitative estimate of drug-likeness (QED) is 0.208. The highest BCUT2D eigenvalue weighted by Crippen LogP contribution is 2.21. The van der Waals surface area contributed by atoms with E-state index in [9.17, 15) is 0 Å². The Morgan fingerprint density at radius 1 is 0.625 bits per heavy atom. The first kappa shape index (κ1) is 24.3. The third kappa shape index (κ3) is 8.65. The molecule has 0 saturated heterocycles. The van der Waals surface area contributed by atoms with E-state index in [1.165, 1.54) is 81.0 Å². The Balaban J connectivity index is 1.45. The molecule has 172 valence electrons. The van der Waals surface area contributed by atoms with E-state index in [2.05, 4.69) is 78.4 Å².